The zero-order valence-electron chi connectivity index (χ0n) is 15.3. The van der Waals surface area contributed by atoms with Gasteiger partial charge in [0, 0.05) is 26.4 Å². The predicted octanol–water partition coefficient (Wildman–Crippen LogP) is 3.61. The van der Waals surface area contributed by atoms with Crippen molar-refractivity contribution in [3.8, 4) is 0 Å². The fourth-order valence-electron chi connectivity index (χ4n) is 4.50. The molecule has 4 nitrogen and oxygen atoms in total. The third-order valence-electron chi connectivity index (χ3n) is 5.95. The Morgan fingerprint density at radius 2 is 1.76 bits per heavy atom. The summed E-state index contributed by atoms with van der Waals surface area (Å²) in [7, 11) is 0. The van der Waals surface area contributed by atoms with Gasteiger partial charge in [-0.1, -0.05) is 56.0 Å². The average Bonchev–Trinajstić information content (AvgIpc) is 3.14. The first-order valence-electron chi connectivity index (χ1n) is 9.71. The van der Waals surface area contributed by atoms with Crippen LogP contribution in [0.5, 0.6) is 0 Å². The molecule has 0 atom stereocenters. The molecule has 1 N–H and O–H groups in total. The Morgan fingerprint density at radius 1 is 1.12 bits per heavy atom. The number of hydrogen-bond donors (Lipinski definition) is 1. The molecule has 0 bridgehead atoms. The first-order valence-corrected chi connectivity index (χ1v) is 9.71. The molecule has 136 valence electrons. The van der Waals surface area contributed by atoms with Crippen LogP contribution in [0.15, 0.2) is 30.3 Å². The van der Waals surface area contributed by atoms with Gasteiger partial charge in [-0.15, -0.1) is 0 Å². The van der Waals surface area contributed by atoms with Crippen LogP contribution in [0.1, 0.15) is 63.9 Å². The molecule has 2 fully saturated rings. The highest BCUT2D eigenvalue weighted by Crippen LogP contribution is 2.34. The third kappa shape index (κ3) is 4.42. The van der Waals surface area contributed by atoms with E-state index in [0.717, 1.165) is 43.8 Å². The van der Waals surface area contributed by atoms with Crippen LogP contribution in [-0.2, 0) is 15.1 Å². The van der Waals surface area contributed by atoms with Crippen molar-refractivity contribution >= 4 is 11.8 Å². The molecule has 1 heterocycles. The lowest BCUT2D eigenvalue weighted by Crippen LogP contribution is -2.53. The van der Waals surface area contributed by atoms with Crippen LogP contribution in [0.3, 0.4) is 0 Å². The van der Waals surface area contributed by atoms with Crippen LogP contribution in [0, 0.1) is 5.92 Å². The van der Waals surface area contributed by atoms with E-state index in [9.17, 15) is 9.59 Å². The number of likely N-dealkylation sites (tertiary alicyclic amines) is 1. The van der Waals surface area contributed by atoms with Gasteiger partial charge in [0.05, 0.1) is 5.54 Å². The van der Waals surface area contributed by atoms with Crippen molar-refractivity contribution in [3.05, 3.63) is 35.9 Å². The summed E-state index contributed by atoms with van der Waals surface area (Å²) in [5, 5.41) is 3.17. The molecule has 1 aromatic rings. The predicted molar refractivity (Wildman–Crippen MR) is 98.9 cm³/mol. The van der Waals surface area contributed by atoms with Crippen molar-refractivity contribution in [2.24, 2.45) is 5.92 Å². The molecule has 1 aliphatic heterocycles. The maximum Gasteiger partial charge on any atom is 0.222 e. The number of amides is 2. The van der Waals surface area contributed by atoms with E-state index in [4.69, 9.17) is 0 Å². The molecule has 1 saturated carbocycles. The summed E-state index contributed by atoms with van der Waals surface area (Å²) in [6.07, 6.45) is 8.56. The zero-order chi connectivity index (χ0) is 17.7. The lowest BCUT2D eigenvalue weighted by atomic mass is 9.80. The Kier molecular flexibility index (Phi) is 5.77. The number of nitrogens with zero attached hydrogens (tertiary/aromatic N) is 1. The standard InChI is InChI=1S/C21H30N2O2/c1-17(24)22-21(19-9-3-2-4-10-19)13-15-23(16-14-21)20(25)12-11-18-7-5-6-8-18/h2-4,9-10,18H,5-8,11-16H2,1H3,(H,22,24). The first kappa shape index (κ1) is 18.0. The van der Waals surface area contributed by atoms with E-state index in [1.165, 1.54) is 25.7 Å². The maximum atomic E-state index is 12.6. The highest BCUT2D eigenvalue weighted by molar-refractivity contribution is 5.77. The fraction of sp³-hybridized carbons (Fsp3) is 0.619. The number of rotatable bonds is 5. The second-order valence-electron chi connectivity index (χ2n) is 7.70. The van der Waals surface area contributed by atoms with Crippen molar-refractivity contribution in [3.63, 3.8) is 0 Å². The smallest absolute Gasteiger partial charge is 0.222 e. The van der Waals surface area contributed by atoms with Gasteiger partial charge < -0.3 is 10.2 Å². The van der Waals surface area contributed by atoms with Gasteiger partial charge in [0.25, 0.3) is 0 Å². The lowest BCUT2D eigenvalue weighted by molar-refractivity contribution is -0.133. The monoisotopic (exact) mass is 342 g/mol. The number of carbonyl (C=O) groups excluding carboxylic acids is 2. The van der Waals surface area contributed by atoms with E-state index in [1.807, 2.05) is 23.1 Å². The molecule has 3 rings (SSSR count). The van der Waals surface area contributed by atoms with E-state index in [-0.39, 0.29) is 17.4 Å². The fourth-order valence-corrected chi connectivity index (χ4v) is 4.50. The number of piperidine rings is 1. The summed E-state index contributed by atoms with van der Waals surface area (Å²) in [6, 6.07) is 10.2. The van der Waals surface area contributed by atoms with Crippen molar-refractivity contribution in [2.75, 3.05) is 13.1 Å². The van der Waals surface area contributed by atoms with Gasteiger partial charge in [-0.3, -0.25) is 9.59 Å². The molecule has 4 heteroatoms. The highest BCUT2D eigenvalue weighted by Gasteiger charge is 2.38. The minimum Gasteiger partial charge on any atom is -0.347 e. The molecular formula is C21H30N2O2. The van der Waals surface area contributed by atoms with Crippen molar-refractivity contribution in [2.45, 2.75) is 63.8 Å². The number of nitrogens with one attached hydrogen (secondary N) is 1. The van der Waals surface area contributed by atoms with Gasteiger partial charge in [0.15, 0.2) is 0 Å². The lowest BCUT2D eigenvalue weighted by Gasteiger charge is -2.42. The molecular weight excluding hydrogens is 312 g/mol. The largest absolute Gasteiger partial charge is 0.347 e. The van der Waals surface area contributed by atoms with Crippen molar-refractivity contribution in [1.82, 2.24) is 10.2 Å². The van der Waals surface area contributed by atoms with Gasteiger partial charge >= 0.3 is 0 Å². The van der Waals surface area contributed by atoms with E-state index in [2.05, 4.69) is 17.4 Å². The second kappa shape index (κ2) is 8.03. The molecule has 0 radical (unpaired) electrons. The number of carbonyl (C=O) groups is 2. The minimum absolute atomic E-state index is 0.00939. The Bertz CT molecular complexity index is 585. The van der Waals surface area contributed by atoms with Crippen LogP contribution in [0.4, 0.5) is 0 Å². The summed E-state index contributed by atoms with van der Waals surface area (Å²) >= 11 is 0. The van der Waals surface area contributed by atoms with Crippen LogP contribution in [0.2, 0.25) is 0 Å². The first-order chi connectivity index (χ1) is 12.1. The molecule has 2 aliphatic rings. The van der Waals surface area contributed by atoms with Gasteiger partial charge in [-0.2, -0.15) is 0 Å². The van der Waals surface area contributed by atoms with Crippen molar-refractivity contribution in [1.29, 1.82) is 0 Å². The normalized spacial score (nSPS) is 20.4. The highest BCUT2D eigenvalue weighted by atomic mass is 16.2. The summed E-state index contributed by atoms with van der Waals surface area (Å²) in [4.78, 5) is 26.3. The van der Waals surface area contributed by atoms with Crippen LogP contribution < -0.4 is 5.32 Å². The van der Waals surface area contributed by atoms with Gasteiger partial charge in [0.2, 0.25) is 11.8 Å². The summed E-state index contributed by atoms with van der Waals surface area (Å²) in [5.74, 6) is 1.04. The van der Waals surface area contributed by atoms with Gasteiger partial charge in [-0.25, -0.2) is 0 Å². The van der Waals surface area contributed by atoms with E-state index >= 15 is 0 Å². The quantitative estimate of drug-likeness (QED) is 0.888. The third-order valence-corrected chi connectivity index (χ3v) is 5.95. The Labute approximate surface area is 151 Å². The SMILES string of the molecule is CC(=O)NC1(c2ccccc2)CCN(C(=O)CCC2CCCC2)CC1. The van der Waals surface area contributed by atoms with Crippen LogP contribution in [0.25, 0.3) is 0 Å². The molecule has 2 amide bonds. The van der Waals surface area contributed by atoms with Crippen LogP contribution >= 0.6 is 0 Å². The maximum absolute atomic E-state index is 12.6. The average molecular weight is 342 g/mol. The second-order valence-corrected chi connectivity index (χ2v) is 7.70. The molecule has 1 aromatic carbocycles. The Balaban J connectivity index is 1.59. The Hall–Kier alpha value is -1.84. The van der Waals surface area contributed by atoms with E-state index in [0.29, 0.717) is 6.42 Å². The van der Waals surface area contributed by atoms with Gasteiger partial charge in [-0.05, 0) is 30.7 Å². The van der Waals surface area contributed by atoms with Crippen molar-refractivity contribution < 1.29 is 9.59 Å². The van der Waals surface area contributed by atoms with E-state index in [1.54, 1.807) is 6.92 Å². The molecule has 0 aromatic heterocycles. The summed E-state index contributed by atoms with van der Waals surface area (Å²) < 4.78 is 0. The van der Waals surface area contributed by atoms with Gasteiger partial charge in [0.1, 0.15) is 0 Å². The topological polar surface area (TPSA) is 49.4 Å². The van der Waals surface area contributed by atoms with Crippen LogP contribution in [-0.4, -0.2) is 29.8 Å². The number of hydrogen-bond acceptors (Lipinski definition) is 2. The van der Waals surface area contributed by atoms with E-state index < -0.39 is 0 Å². The molecule has 1 aliphatic carbocycles. The number of benzene rings is 1. The Morgan fingerprint density at radius 3 is 2.36 bits per heavy atom. The zero-order valence-corrected chi connectivity index (χ0v) is 15.3. The summed E-state index contributed by atoms with van der Waals surface area (Å²) in [5.41, 5.74) is 0.804. The molecule has 0 unspecified atom stereocenters. The molecule has 0 spiro atoms. The molecule has 1 saturated heterocycles. The molecule has 25 heavy (non-hydrogen) atoms. The summed E-state index contributed by atoms with van der Waals surface area (Å²) in [6.45, 7) is 3.02. The minimum atomic E-state index is -0.338.